The highest BCUT2D eigenvalue weighted by Crippen LogP contribution is 2.46. The molecule has 2 aromatic carbocycles. The van der Waals surface area contributed by atoms with Crippen LogP contribution in [0.3, 0.4) is 0 Å². The van der Waals surface area contributed by atoms with Crippen molar-refractivity contribution in [3.63, 3.8) is 0 Å². The van der Waals surface area contributed by atoms with Gasteiger partial charge in [0.05, 0.1) is 11.9 Å². The molecule has 0 radical (unpaired) electrons. The minimum Gasteiger partial charge on any atom is -0.460 e. The zero-order chi connectivity index (χ0) is 38.9. The number of methoxy groups -OCH3 is 2. The molecule has 0 bridgehead atoms. The molecule has 1 heterocycles. The van der Waals surface area contributed by atoms with E-state index in [0.29, 0.717) is 29.0 Å². The molecule has 0 saturated carbocycles. The molecule has 0 saturated heterocycles. The average molecular weight is 729 g/mol. The SMILES string of the molecule is COC(C)(OC)c1cc2c(OC(=O)CCCN(CC(C)=O)C(=O)OC(C)(C)C)c3ccccc3c(OC(=O)NCCCCC(=O)OC(C)(C)C)c2o1. The molecule has 1 N–H and O–H groups in total. The summed E-state index contributed by atoms with van der Waals surface area (Å²) < 4.78 is 39.9. The molecule has 0 aliphatic heterocycles. The number of carbonyl (C=O) groups is 5. The van der Waals surface area contributed by atoms with E-state index in [2.05, 4.69) is 5.32 Å². The van der Waals surface area contributed by atoms with Crippen molar-refractivity contribution in [1.82, 2.24) is 10.2 Å². The van der Waals surface area contributed by atoms with E-state index in [4.69, 9.17) is 32.8 Å². The summed E-state index contributed by atoms with van der Waals surface area (Å²) in [7, 11) is 2.88. The fourth-order valence-corrected chi connectivity index (χ4v) is 5.11. The maximum atomic E-state index is 13.3. The van der Waals surface area contributed by atoms with Crippen LogP contribution in [0.15, 0.2) is 34.7 Å². The first-order chi connectivity index (χ1) is 24.3. The molecule has 14 heteroatoms. The number of furan rings is 1. The van der Waals surface area contributed by atoms with Crippen molar-refractivity contribution in [2.45, 2.75) is 104 Å². The topological polar surface area (TPSA) is 169 Å². The van der Waals surface area contributed by atoms with E-state index in [1.807, 2.05) is 0 Å². The number of ketones is 1. The Morgan fingerprint density at radius 2 is 1.35 bits per heavy atom. The third kappa shape index (κ3) is 11.9. The number of Topliss-reactive ketones (excluding diaryl/α,β-unsaturated/α-hetero) is 1. The van der Waals surface area contributed by atoms with Gasteiger partial charge in [-0.25, -0.2) is 9.59 Å². The Morgan fingerprint density at radius 3 is 1.92 bits per heavy atom. The van der Waals surface area contributed by atoms with Gasteiger partial charge < -0.3 is 43.1 Å². The van der Waals surface area contributed by atoms with E-state index < -0.39 is 35.1 Å². The molecule has 2 amide bonds. The van der Waals surface area contributed by atoms with Gasteiger partial charge in [0.2, 0.25) is 5.79 Å². The Labute approximate surface area is 304 Å². The van der Waals surface area contributed by atoms with Gasteiger partial charge in [0, 0.05) is 50.9 Å². The lowest BCUT2D eigenvalue weighted by Gasteiger charge is -2.26. The predicted molar refractivity (Wildman–Crippen MR) is 192 cm³/mol. The highest BCUT2D eigenvalue weighted by molar-refractivity contribution is 6.11. The first-order valence-corrected chi connectivity index (χ1v) is 17.2. The van der Waals surface area contributed by atoms with Crippen LogP contribution < -0.4 is 14.8 Å². The number of benzene rings is 2. The van der Waals surface area contributed by atoms with Gasteiger partial charge >= 0.3 is 24.1 Å². The minimum absolute atomic E-state index is 0.0784. The van der Waals surface area contributed by atoms with Gasteiger partial charge in [-0.3, -0.25) is 14.4 Å². The third-order valence-corrected chi connectivity index (χ3v) is 7.61. The van der Waals surface area contributed by atoms with Crippen molar-refractivity contribution in [1.29, 1.82) is 0 Å². The summed E-state index contributed by atoms with van der Waals surface area (Å²) in [6.07, 6.45) is -0.0936. The summed E-state index contributed by atoms with van der Waals surface area (Å²) in [6.45, 7) is 13.7. The fraction of sp³-hybridized carbons (Fsp3) is 0.553. The third-order valence-electron chi connectivity index (χ3n) is 7.61. The van der Waals surface area contributed by atoms with Crippen molar-refractivity contribution < 1.29 is 56.8 Å². The molecule has 14 nitrogen and oxygen atoms in total. The zero-order valence-electron chi connectivity index (χ0n) is 31.9. The van der Waals surface area contributed by atoms with E-state index in [-0.39, 0.29) is 73.5 Å². The second-order valence-corrected chi connectivity index (χ2v) is 14.5. The van der Waals surface area contributed by atoms with E-state index in [1.54, 1.807) is 78.8 Å². The van der Waals surface area contributed by atoms with Crippen LogP contribution in [0.25, 0.3) is 21.7 Å². The molecule has 0 aliphatic rings. The number of unbranched alkanes of at least 4 members (excludes halogenated alkanes) is 1. The van der Waals surface area contributed by atoms with Crippen LogP contribution in [0.4, 0.5) is 9.59 Å². The lowest BCUT2D eigenvalue weighted by molar-refractivity contribution is -0.212. The first-order valence-electron chi connectivity index (χ1n) is 17.2. The van der Waals surface area contributed by atoms with Gasteiger partial charge in [-0.05, 0) is 80.7 Å². The molecule has 0 spiro atoms. The number of fused-ring (bicyclic) bond motifs is 2. The number of carbonyl (C=O) groups excluding carboxylic acids is 5. The van der Waals surface area contributed by atoms with Crippen LogP contribution in [0.5, 0.6) is 11.5 Å². The second kappa shape index (κ2) is 17.7. The normalized spacial score (nSPS) is 12.0. The zero-order valence-corrected chi connectivity index (χ0v) is 31.9. The van der Waals surface area contributed by atoms with Crippen LogP contribution >= 0.6 is 0 Å². The lowest BCUT2D eigenvalue weighted by Crippen LogP contribution is -2.40. The molecular formula is C38H52N2O12. The van der Waals surface area contributed by atoms with Gasteiger partial charge in [-0.1, -0.05) is 24.3 Å². The Kier molecular flexibility index (Phi) is 14.2. The first kappa shape index (κ1) is 41.7. The Balaban J connectivity index is 1.87. The molecular weight excluding hydrogens is 676 g/mol. The van der Waals surface area contributed by atoms with Crippen molar-refractivity contribution in [3.8, 4) is 11.5 Å². The number of rotatable bonds is 16. The van der Waals surface area contributed by atoms with Crippen LogP contribution in [-0.4, -0.2) is 79.9 Å². The van der Waals surface area contributed by atoms with Gasteiger partial charge in [0.1, 0.15) is 22.7 Å². The largest absolute Gasteiger partial charge is 0.460 e. The number of amides is 2. The summed E-state index contributed by atoms with van der Waals surface area (Å²) in [5, 5.41) is 3.90. The van der Waals surface area contributed by atoms with Crippen molar-refractivity contribution >= 4 is 51.7 Å². The van der Waals surface area contributed by atoms with Gasteiger partial charge in [0.15, 0.2) is 17.1 Å². The summed E-state index contributed by atoms with van der Waals surface area (Å²) in [6, 6.07) is 8.49. The molecule has 1 aromatic heterocycles. The standard InChI is InChI=1S/C38H52N2O12/c1-24(41)23-40(35(45)52-37(5,6)7)21-15-19-29(42)49-31-25-16-11-12-17-26(25)32(33-27(31)22-28(48-33)38(8,46-9)47-10)50-34(44)39-20-14-13-18-30(43)51-36(2,3)4/h11-12,16-17,22H,13-15,18-21,23H2,1-10H3,(H,39,44). The molecule has 3 rings (SSSR count). The highest BCUT2D eigenvalue weighted by atomic mass is 16.7. The number of hydrogen-bond donors (Lipinski definition) is 1. The Hall–Kier alpha value is -4.69. The molecule has 52 heavy (non-hydrogen) atoms. The van der Waals surface area contributed by atoms with E-state index >= 15 is 0 Å². The van der Waals surface area contributed by atoms with Crippen LogP contribution in [-0.2, 0) is 39.1 Å². The summed E-state index contributed by atoms with van der Waals surface area (Å²) in [5.74, 6) is -2.05. The van der Waals surface area contributed by atoms with Crippen molar-refractivity contribution in [3.05, 3.63) is 36.1 Å². The second-order valence-electron chi connectivity index (χ2n) is 14.5. The Morgan fingerprint density at radius 1 is 0.750 bits per heavy atom. The highest BCUT2D eigenvalue weighted by Gasteiger charge is 2.33. The summed E-state index contributed by atoms with van der Waals surface area (Å²) in [5.41, 5.74) is -1.23. The summed E-state index contributed by atoms with van der Waals surface area (Å²) >= 11 is 0. The molecule has 3 aromatic rings. The monoisotopic (exact) mass is 728 g/mol. The smallest absolute Gasteiger partial charge is 0.412 e. The molecule has 0 atom stereocenters. The molecule has 0 aliphatic carbocycles. The number of nitrogens with zero attached hydrogens (tertiary/aromatic N) is 1. The quantitative estimate of drug-likeness (QED) is 0.0684. The lowest BCUT2D eigenvalue weighted by atomic mass is 10.0. The van der Waals surface area contributed by atoms with E-state index in [9.17, 15) is 24.0 Å². The van der Waals surface area contributed by atoms with E-state index in [0.717, 1.165) is 0 Å². The average Bonchev–Trinajstić information content (AvgIpc) is 3.49. The maximum Gasteiger partial charge on any atom is 0.412 e. The van der Waals surface area contributed by atoms with Crippen molar-refractivity contribution in [2.24, 2.45) is 0 Å². The number of esters is 2. The van der Waals surface area contributed by atoms with Crippen molar-refractivity contribution in [2.75, 3.05) is 33.9 Å². The summed E-state index contributed by atoms with van der Waals surface area (Å²) in [4.78, 5) is 64.2. The maximum absolute atomic E-state index is 13.3. The number of nitrogens with one attached hydrogen (secondary N) is 1. The fourth-order valence-electron chi connectivity index (χ4n) is 5.11. The molecule has 0 fully saturated rings. The number of ether oxygens (including phenoxy) is 6. The van der Waals surface area contributed by atoms with Crippen LogP contribution in [0.1, 0.15) is 93.3 Å². The van der Waals surface area contributed by atoms with Gasteiger partial charge in [-0.15, -0.1) is 0 Å². The molecule has 0 unspecified atom stereocenters. The van der Waals surface area contributed by atoms with Crippen LogP contribution in [0.2, 0.25) is 0 Å². The van der Waals surface area contributed by atoms with Gasteiger partial charge in [-0.2, -0.15) is 0 Å². The number of hydrogen-bond acceptors (Lipinski definition) is 12. The van der Waals surface area contributed by atoms with Gasteiger partial charge in [0.25, 0.3) is 0 Å². The predicted octanol–water partition coefficient (Wildman–Crippen LogP) is 7.16. The van der Waals surface area contributed by atoms with E-state index in [1.165, 1.54) is 26.0 Å². The molecule has 286 valence electrons. The Bertz CT molecular complexity index is 1740. The van der Waals surface area contributed by atoms with Crippen LogP contribution in [0, 0.1) is 0 Å². The minimum atomic E-state index is -1.35.